The number of aromatic hydroxyl groups is 1. The molecule has 1 saturated heterocycles. The highest BCUT2D eigenvalue weighted by Gasteiger charge is 2.29. The average Bonchev–Trinajstić information content (AvgIpc) is 2.76. The second-order valence-corrected chi connectivity index (χ2v) is 9.38. The van der Waals surface area contributed by atoms with Crippen LogP contribution in [0, 0.1) is 0 Å². The molecular weight excluding hydrogens is 444 g/mol. The van der Waals surface area contributed by atoms with Gasteiger partial charge in [0.2, 0.25) is 0 Å². The molecular formula is C24H27ClN4O4. The lowest BCUT2D eigenvalue weighted by Crippen LogP contribution is -2.46. The minimum atomic E-state index is -0.546. The first-order valence-corrected chi connectivity index (χ1v) is 11.2. The molecule has 1 atom stereocenters. The van der Waals surface area contributed by atoms with Crippen molar-refractivity contribution in [3.05, 3.63) is 47.7 Å². The Morgan fingerprint density at radius 3 is 2.82 bits per heavy atom. The van der Waals surface area contributed by atoms with Crippen molar-refractivity contribution >= 4 is 40.1 Å². The van der Waals surface area contributed by atoms with Crippen LogP contribution in [0.1, 0.15) is 33.6 Å². The first-order valence-electron chi connectivity index (χ1n) is 10.8. The number of rotatable bonds is 4. The number of hydrogen-bond acceptors (Lipinski definition) is 7. The van der Waals surface area contributed by atoms with Crippen molar-refractivity contribution < 1.29 is 19.4 Å². The van der Waals surface area contributed by atoms with Crippen molar-refractivity contribution in [2.45, 2.75) is 45.3 Å². The number of benzene rings is 2. The van der Waals surface area contributed by atoms with E-state index in [-0.39, 0.29) is 23.0 Å². The zero-order valence-electron chi connectivity index (χ0n) is 18.8. The summed E-state index contributed by atoms with van der Waals surface area (Å²) in [6.45, 7) is 6.65. The lowest BCUT2D eigenvalue weighted by molar-refractivity contribution is 0.00794. The summed E-state index contributed by atoms with van der Waals surface area (Å²) in [6, 6.07) is 10.5. The fourth-order valence-corrected chi connectivity index (χ4v) is 3.88. The number of anilines is 2. The van der Waals surface area contributed by atoms with Gasteiger partial charge in [0.25, 0.3) is 0 Å². The molecule has 3 aromatic rings. The molecule has 1 amide bonds. The van der Waals surface area contributed by atoms with E-state index in [9.17, 15) is 9.90 Å². The number of carbonyl (C=O) groups excluding carboxylic acids is 1. The number of likely N-dealkylation sites (tertiary alicyclic amines) is 1. The van der Waals surface area contributed by atoms with Crippen molar-refractivity contribution in [2.24, 2.45) is 0 Å². The van der Waals surface area contributed by atoms with Crippen molar-refractivity contribution in [2.75, 3.05) is 18.4 Å². The van der Waals surface area contributed by atoms with Gasteiger partial charge in [-0.1, -0.05) is 17.7 Å². The largest absolute Gasteiger partial charge is 0.506 e. The lowest BCUT2D eigenvalue weighted by atomic mass is 10.1. The van der Waals surface area contributed by atoms with E-state index in [1.165, 1.54) is 12.4 Å². The number of phenolic OH excluding ortho intramolecular Hbond substituents is 1. The number of halogens is 1. The maximum Gasteiger partial charge on any atom is 0.410 e. The van der Waals surface area contributed by atoms with E-state index in [1.54, 1.807) is 17.0 Å². The van der Waals surface area contributed by atoms with E-state index >= 15 is 0 Å². The summed E-state index contributed by atoms with van der Waals surface area (Å²) in [7, 11) is 0. The Bertz CT molecular complexity index is 1160. The molecule has 4 rings (SSSR count). The summed E-state index contributed by atoms with van der Waals surface area (Å²) in [5.41, 5.74) is 0.839. The molecule has 1 aromatic heterocycles. The van der Waals surface area contributed by atoms with Crippen LogP contribution in [-0.2, 0) is 4.74 Å². The molecule has 2 aromatic carbocycles. The maximum atomic E-state index is 12.5. The summed E-state index contributed by atoms with van der Waals surface area (Å²) >= 11 is 6.05. The predicted molar refractivity (Wildman–Crippen MR) is 127 cm³/mol. The third kappa shape index (κ3) is 5.57. The van der Waals surface area contributed by atoms with Crippen LogP contribution >= 0.6 is 11.6 Å². The zero-order chi connectivity index (χ0) is 23.6. The van der Waals surface area contributed by atoms with Crippen LogP contribution in [0.25, 0.3) is 10.9 Å². The van der Waals surface area contributed by atoms with Crippen LogP contribution in [0.4, 0.5) is 16.3 Å². The third-order valence-corrected chi connectivity index (χ3v) is 5.46. The van der Waals surface area contributed by atoms with Gasteiger partial charge in [-0.2, -0.15) is 0 Å². The van der Waals surface area contributed by atoms with Gasteiger partial charge in [-0.25, -0.2) is 14.8 Å². The molecule has 2 N–H and O–H groups in total. The number of nitrogens with zero attached hydrogens (tertiary/aromatic N) is 3. The van der Waals surface area contributed by atoms with E-state index in [2.05, 4.69) is 15.3 Å². The second kappa shape index (κ2) is 9.31. The summed E-state index contributed by atoms with van der Waals surface area (Å²) in [5, 5.41) is 13.9. The predicted octanol–water partition coefficient (Wildman–Crippen LogP) is 5.51. The minimum Gasteiger partial charge on any atom is -0.506 e. The normalized spacial score (nSPS) is 16.5. The molecule has 174 valence electrons. The van der Waals surface area contributed by atoms with Gasteiger partial charge in [0.05, 0.1) is 22.5 Å². The Kier molecular flexibility index (Phi) is 6.47. The number of phenols is 1. The molecule has 8 nitrogen and oxygen atoms in total. The number of aromatic nitrogens is 2. The maximum absolute atomic E-state index is 12.5. The molecule has 0 bridgehead atoms. The highest BCUT2D eigenvalue weighted by atomic mass is 35.5. The molecule has 2 heterocycles. The van der Waals surface area contributed by atoms with Crippen molar-refractivity contribution in [1.29, 1.82) is 0 Å². The van der Waals surface area contributed by atoms with E-state index in [1.807, 2.05) is 39.0 Å². The van der Waals surface area contributed by atoms with Gasteiger partial charge in [0.1, 0.15) is 35.3 Å². The summed E-state index contributed by atoms with van der Waals surface area (Å²) in [6.07, 6.45) is 2.60. The van der Waals surface area contributed by atoms with E-state index in [4.69, 9.17) is 21.1 Å². The van der Waals surface area contributed by atoms with Crippen LogP contribution in [0.2, 0.25) is 5.02 Å². The van der Waals surface area contributed by atoms with E-state index in [0.717, 1.165) is 23.7 Å². The minimum absolute atomic E-state index is 0.00521. The van der Waals surface area contributed by atoms with Crippen LogP contribution < -0.4 is 10.1 Å². The number of nitrogens with one attached hydrogen (secondary N) is 1. The highest BCUT2D eigenvalue weighted by Crippen LogP contribution is 2.34. The van der Waals surface area contributed by atoms with Gasteiger partial charge >= 0.3 is 6.09 Å². The monoisotopic (exact) mass is 470 g/mol. The standard InChI is InChI=1S/C24H27ClN4O4/c1-24(2,3)33-23(31)29-11-5-6-16(13-29)32-20-8-4-7-18-21(20)22(27-14-26-18)28-15-9-10-19(30)17(25)12-15/h4,7-10,12,14,16,30H,5-6,11,13H2,1-3H3,(H,26,27,28)/t16-/m0/s1. The Morgan fingerprint density at radius 2 is 2.06 bits per heavy atom. The van der Waals surface area contributed by atoms with E-state index in [0.29, 0.717) is 30.3 Å². The molecule has 9 heteroatoms. The number of amides is 1. The molecule has 0 radical (unpaired) electrons. The highest BCUT2D eigenvalue weighted by molar-refractivity contribution is 6.32. The molecule has 1 aliphatic rings. The fourth-order valence-electron chi connectivity index (χ4n) is 3.70. The Balaban J connectivity index is 1.58. The molecule has 33 heavy (non-hydrogen) atoms. The molecule has 0 spiro atoms. The first kappa shape index (κ1) is 22.9. The summed E-state index contributed by atoms with van der Waals surface area (Å²) < 4.78 is 11.9. The van der Waals surface area contributed by atoms with Crippen LogP contribution in [-0.4, -0.2) is 50.9 Å². The van der Waals surface area contributed by atoms with Gasteiger partial charge in [-0.05, 0) is 63.9 Å². The molecule has 0 saturated carbocycles. The van der Waals surface area contributed by atoms with Gasteiger partial charge in [-0.3, -0.25) is 0 Å². The average molecular weight is 471 g/mol. The number of carbonyl (C=O) groups is 1. The molecule has 0 unspecified atom stereocenters. The van der Waals surface area contributed by atoms with Crippen molar-refractivity contribution in [1.82, 2.24) is 14.9 Å². The van der Waals surface area contributed by atoms with Gasteiger partial charge in [0, 0.05) is 12.2 Å². The van der Waals surface area contributed by atoms with Crippen LogP contribution in [0.5, 0.6) is 11.5 Å². The zero-order valence-corrected chi connectivity index (χ0v) is 19.6. The van der Waals surface area contributed by atoms with Crippen molar-refractivity contribution in [3.63, 3.8) is 0 Å². The summed E-state index contributed by atoms with van der Waals surface area (Å²) in [4.78, 5) is 23.0. The fraction of sp³-hybridized carbons (Fsp3) is 0.375. The number of piperidine rings is 1. The molecule has 1 aliphatic heterocycles. The van der Waals surface area contributed by atoms with Gasteiger partial charge in [0.15, 0.2) is 0 Å². The third-order valence-electron chi connectivity index (χ3n) is 5.16. The van der Waals surface area contributed by atoms with Crippen LogP contribution in [0.3, 0.4) is 0 Å². The lowest BCUT2D eigenvalue weighted by Gasteiger charge is -2.34. The summed E-state index contributed by atoms with van der Waals surface area (Å²) in [5.74, 6) is 1.18. The molecule has 1 fully saturated rings. The van der Waals surface area contributed by atoms with Gasteiger partial charge in [-0.15, -0.1) is 0 Å². The quantitative estimate of drug-likeness (QED) is 0.485. The first-order chi connectivity index (χ1) is 15.7. The SMILES string of the molecule is CC(C)(C)OC(=O)N1CCC[C@H](Oc2cccc3ncnc(Nc4ccc(O)c(Cl)c4)c23)C1. The smallest absolute Gasteiger partial charge is 0.410 e. The van der Waals surface area contributed by atoms with Crippen LogP contribution in [0.15, 0.2) is 42.7 Å². The Morgan fingerprint density at radius 1 is 1.24 bits per heavy atom. The van der Waals surface area contributed by atoms with E-state index < -0.39 is 5.60 Å². The Hall–Kier alpha value is -3.26. The molecule has 0 aliphatic carbocycles. The number of ether oxygens (including phenoxy) is 2. The number of fused-ring (bicyclic) bond motifs is 1. The van der Waals surface area contributed by atoms with Gasteiger partial charge < -0.3 is 24.8 Å². The Labute approximate surface area is 197 Å². The van der Waals surface area contributed by atoms with Crippen molar-refractivity contribution in [3.8, 4) is 11.5 Å². The second-order valence-electron chi connectivity index (χ2n) is 8.97. The topological polar surface area (TPSA) is 96.8 Å². The number of hydrogen-bond donors (Lipinski definition) is 2.